The number of nitrogen functional groups attached to an aromatic ring is 1. The van der Waals surface area contributed by atoms with Gasteiger partial charge in [-0.2, -0.15) is 0 Å². The normalized spacial score (nSPS) is 15.3. The number of hydrogen-bond acceptors (Lipinski definition) is 6. The minimum absolute atomic E-state index is 0.0278. The Labute approximate surface area is 118 Å². The van der Waals surface area contributed by atoms with Crippen molar-refractivity contribution in [2.45, 2.75) is 31.7 Å². The molecule has 0 bridgehead atoms. The highest BCUT2D eigenvalue weighted by atomic mass is 16.5. The third-order valence-corrected chi connectivity index (χ3v) is 3.68. The van der Waals surface area contributed by atoms with Crippen LogP contribution in [0, 0.1) is 0 Å². The number of rotatable bonds is 5. The van der Waals surface area contributed by atoms with Gasteiger partial charge in [0.25, 0.3) is 0 Å². The topological polar surface area (TPSA) is 88.7 Å². The first-order valence-corrected chi connectivity index (χ1v) is 6.89. The molecule has 0 unspecified atom stereocenters. The Hall–Kier alpha value is -1.82. The molecule has 1 fully saturated rings. The van der Waals surface area contributed by atoms with Crippen molar-refractivity contribution in [2.24, 2.45) is 0 Å². The lowest BCUT2D eigenvalue weighted by atomic mass is 10.2. The number of nitrogens with zero attached hydrogens (tertiary/aromatic N) is 2. The highest BCUT2D eigenvalue weighted by Gasteiger charge is 2.25. The Morgan fingerprint density at radius 2 is 2.20 bits per heavy atom. The Morgan fingerprint density at radius 1 is 1.50 bits per heavy atom. The number of aliphatic hydroxyl groups is 1. The Bertz CT molecular complexity index is 473. The number of pyridine rings is 1. The molecule has 1 saturated carbocycles. The predicted octanol–water partition coefficient (Wildman–Crippen LogP) is 1.19. The highest BCUT2D eigenvalue weighted by Crippen LogP contribution is 2.30. The summed E-state index contributed by atoms with van der Waals surface area (Å²) >= 11 is 0. The van der Waals surface area contributed by atoms with Crippen LogP contribution in [0.5, 0.6) is 0 Å². The fourth-order valence-electron chi connectivity index (χ4n) is 2.69. The second kappa shape index (κ2) is 6.56. The molecule has 1 aromatic heterocycles. The molecule has 0 amide bonds. The second-order valence-electron chi connectivity index (χ2n) is 4.96. The molecule has 0 spiro atoms. The molecule has 0 aliphatic heterocycles. The first-order chi connectivity index (χ1) is 9.67. The number of anilines is 2. The zero-order valence-electron chi connectivity index (χ0n) is 11.7. The second-order valence-corrected chi connectivity index (χ2v) is 4.96. The summed E-state index contributed by atoms with van der Waals surface area (Å²) in [4.78, 5) is 17.9. The van der Waals surface area contributed by atoms with Gasteiger partial charge in [0.05, 0.1) is 19.4 Å². The molecule has 1 aliphatic rings. The molecule has 1 heterocycles. The van der Waals surface area contributed by atoms with Crippen molar-refractivity contribution < 1.29 is 14.6 Å². The summed E-state index contributed by atoms with van der Waals surface area (Å²) in [6.45, 7) is 0.493. The highest BCUT2D eigenvalue weighted by molar-refractivity contribution is 5.88. The quantitative estimate of drug-likeness (QED) is 0.787. The third-order valence-electron chi connectivity index (χ3n) is 3.68. The van der Waals surface area contributed by atoms with E-state index in [1.807, 2.05) is 4.90 Å². The van der Waals surface area contributed by atoms with Crippen molar-refractivity contribution in [3.63, 3.8) is 0 Å². The van der Waals surface area contributed by atoms with Crippen LogP contribution in [0.25, 0.3) is 0 Å². The van der Waals surface area contributed by atoms with E-state index < -0.39 is 5.97 Å². The summed E-state index contributed by atoms with van der Waals surface area (Å²) in [5.41, 5.74) is 6.74. The van der Waals surface area contributed by atoms with Crippen molar-refractivity contribution in [1.29, 1.82) is 0 Å². The number of aliphatic hydroxyl groups excluding tert-OH is 1. The standard InChI is InChI=1S/C14H21N3O3/c1-20-14(19)12-7-6-11(15)13(16-12)17(8-9-18)10-4-2-3-5-10/h6-7,10,18H,2-5,8-9,15H2,1H3. The Kier molecular flexibility index (Phi) is 4.79. The average Bonchev–Trinajstić information content (AvgIpc) is 2.99. The fourth-order valence-corrected chi connectivity index (χ4v) is 2.69. The van der Waals surface area contributed by atoms with Crippen LogP contribution in [0.4, 0.5) is 11.5 Å². The average molecular weight is 279 g/mol. The molecule has 110 valence electrons. The van der Waals surface area contributed by atoms with E-state index >= 15 is 0 Å². The van der Waals surface area contributed by atoms with Gasteiger partial charge in [0.2, 0.25) is 0 Å². The first kappa shape index (κ1) is 14.6. The van der Waals surface area contributed by atoms with E-state index in [-0.39, 0.29) is 12.3 Å². The lowest BCUT2D eigenvalue weighted by Gasteiger charge is -2.30. The maximum Gasteiger partial charge on any atom is 0.356 e. The molecule has 2 rings (SSSR count). The van der Waals surface area contributed by atoms with Gasteiger partial charge in [0, 0.05) is 12.6 Å². The number of carbonyl (C=O) groups is 1. The van der Waals surface area contributed by atoms with Gasteiger partial charge < -0.3 is 20.5 Å². The van der Waals surface area contributed by atoms with Gasteiger partial charge in [-0.1, -0.05) is 12.8 Å². The van der Waals surface area contributed by atoms with E-state index in [9.17, 15) is 9.90 Å². The lowest BCUT2D eigenvalue weighted by Crippen LogP contribution is -2.37. The van der Waals surface area contributed by atoms with E-state index in [0.717, 1.165) is 12.8 Å². The van der Waals surface area contributed by atoms with Crippen molar-refractivity contribution in [3.05, 3.63) is 17.8 Å². The van der Waals surface area contributed by atoms with Crippen LogP contribution in [-0.4, -0.2) is 42.4 Å². The van der Waals surface area contributed by atoms with Crippen LogP contribution in [0.15, 0.2) is 12.1 Å². The van der Waals surface area contributed by atoms with Crippen LogP contribution in [0.3, 0.4) is 0 Å². The zero-order chi connectivity index (χ0) is 14.5. The van der Waals surface area contributed by atoms with Crippen molar-refractivity contribution in [2.75, 3.05) is 30.9 Å². The van der Waals surface area contributed by atoms with Crippen molar-refractivity contribution in [1.82, 2.24) is 4.98 Å². The van der Waals surface area contributed by atoms with Crippen LogP contribution < -0.4 is 10.6 Å². The molecular formula is C14H21N3O3. The maximum atomic E-state index is 11.6. The summed E-state index contributed by atoms with van der Waals surface area (Å²) < 4.78 is 4.69. The van der Waals surface area contributed by atoms with E-state index in [4.69, 9.17) is 5.73 Å². The van der Waals surface area contributed by atoms with Crippen LogP contribution >= 0.6 is 0 Å². The zero-order valence-corrected chi connectivity index (χ0v) is 11.7. The van der Waals surface area contributed by atoms with Gasteiger partial charge in [-0.3, -0.25) is 0 Å². The Balaban J connectivity index is 2.33. The summed E-state index contributed by atoms with van der Waals surface area (Å²) in [6.07, 6.45) is 4.46. The van der Waals surface area contributed by atoms with E-state index in [0.29, 0.717) is 24.1 Å². The molecule has 6 heteroatoms. The summed E-state index contributed by atoms with van der Waals surface area (Å²) in [6, 6.07) is 3.54. The molecule has 0 saturated heterocycles. The number of methoxy groups -OCH3 is 1. The first-order valence-electron chi connectivity index (χ1n) is 6.89. The molecule has 3 N–H and O–H groups in total. The predicted molar refractivity (Wildman–Crippen MR) is 76.7 cm³/mol. The van der Waals surface area contributed by atoms with Gasteiger partial charge in [0.15, 0.2) is 11.5 Å². The van der Waals surface area contributed by atoms with Gasteiger partial charge in [-0.25, -0.2) is 9.78 Å². The molecule has 0 atom stereocenters. The molecular weight excluding hydrogens is 258 g/mol. The van der Waals surface area contributed by atoms with Crippen molar-refractivity contribution >= 4 is 17.5 Å². The summed E-state index contributed by atoms with van der Waals surface area (Å²) in [5.74, 6) is 0.0791. The van der Waals surface area contributed by atoms with Crippen molar-refractivity contribution in [3.8, 4) is 0 Å². The monoisotopic (exact) mass is 279 g/mol. The number of esters is 1. The summed E-state index contributed by atoms with van der Waals surface area (Å²) in [7, 11) is 1.32. The van der Waals surface area contributed by atoms with E-state index in [1.54, 1.807) is 12.1 Å². The number of aromatic nitrogens is 1. The molecule has 0 radical (unpaired) electrons. The van der Waals surface area contributed by atoms with Gasteiger partial charge in [0.1, 0.15) is 0 Å². The van der Waals surface area contributed by atoms with Gasteiger partial charge in [-0.15, -0.1) is 0 Å². The van der Waals surface area contributed by atoms with E-state index in [2.05, 4.69) is 9.72 Å². The maximum absolute atomic E-state index is 11.6. The fraction of sp³-hybridized carbons (Fsp3) is 0.571. The SMILES string of the molecule is COC(=O)c1ccc(N)c(N(CCO)C2CCCC2)n1. The summed E-state index contributed by atoms with van der Waals surface area (Å²) in [5, 5.41) is 9.27. The molecule has 20 heavy (non-hydrogen) atoms. The Morgan fingerprint density at radius 3 is 2.80 bits per heavy atom. The van der Waals surface area contributed by atoms with Crippen LogP contribution in [-0.2, 0) is 4.74 Å². The largest absolute Gasteiger partial charge is 0.464 e. The third kappa shape index (κ3) is 3.01. The minimum Gasteiger partial charge on any atom is -0.464 e. The molecule has 6 nitrogen and oxygen atoms in total. The smallest absolute Gasteiger partial charge is 0.356 e. The number of nitrogens with two attached hydrogens (primary N) is 1. The lowest BCUT2D eigenvalue weighted by molar-refractivity contribution is 0.0594. The number of carbonyl (C=O) groups excluding carboxylic acids is 1. The van der Waals surface area contributed by atoms with Gasteiger partial charge in [-0.05, 0) is 25.0 Å². The molecule has 1 aromatic rings. The number of ether oxygens (including phenoxy) is 1. The molecule has 0 aromatic carbocycles. The van der Waals surface area contributed by atoms with Crippen LogP contribution in [0.2, 0.25) is 0 Å². The van der Waals surface area contributed by atoms with Crippen LogP contribution in [0.1, 0.15) is 36.2 Å². The van der Waals surface area contributed by atoms with E-state index in [1.165, 1.54) is 20.0 Å². The number of hydrogen-bond donors (Lipinski definition) is 2. The minimum atomic E-state index is -0.485. The van der Waals surface area contributed by atoms with Gasteiger partial charge >= 0.3 is 5.97 Å². The molecule has 1 aliphatic carbocycles.